The number of nitrogens with zero attached hydrogens (tertiary/aromatic N) is 1. The van der Waals surface area contributed by atoms with E-state index in [1.54, 1.807) is 24.3 Å². The van der Waals surface area contributed by atoms with Crippen LogP contribution in [-0.4, -0.2) is 43.6 Å². The quantitative estimate of drug-likeness (QED) is 0.646. The van der Waals surface area contributed by atoms with Crippen LogP contribution in [0.5, 0.6) is 5.75 Å². The third-order valence-corrected chi connectivity index (χ3v) is 3.22. The molecule has 0 atom stereocenters. The van der Waals surface area contributed by atoms with Crippen molar-refractivity contribution in [3.05, 3.63) is 24.3 Å². The van der Waals surface area contributed by atoms with Crippen molar-refractivity contribution in [1.82, 2.24) is 10.2 Å². The van der Waals surface area contributed by atoms with Gasteiger partial charge in [0.25, 0.3) is 0 Å². The third kappa shape index (κ3) is 7.56. The van der Waals surface area contributed by atoms with Gasteiger partial charge >= 0.3 is 0 Å². The van der Waals surface area contributed by atoms with Crippen LogP contribution in [0.1, 0.15) is 26.7 Å². The molecule has 0 aliphatic rings. The summed E-state index contributed by atoms with van der Waals surface area (Å²) >= 11 is 0. The van der Waals surface area contributed by atoms with Gasteiger partial charge in [0.1, 0.15) is 5.75 Å². The Labute approximate surface area is 127 Å². The van der Waals surface area contributed by atoms with Crippen molar-refractivity contribution in [3.8, 4) is 5.75 Å². The summed E-state index contributed by atoms with van der Waals surface area (Å²) in [6.07, 6.45) is 1.50. The van der Waals surface area contributed by atoms with Crippen LogP contribution >= 0.6 is 0 Å². The van der Waals surface area contributed by atoms with E-state index in [2.05, 4.69) is 24.1 Å². The first-order valence-electron chi connectivity index (χ1n) is 7.63. The number of nitrogen functional groups attached to an aromatic ring is 1. The molecule has 3 N–H and O–H groups in total. The highest BCUT2D eigenvalue weighted by molar-refractivity contribution is 5.75. The summed E-state index contributed by atoms with van der Waals surface area (Å²) < 4.78 is 5.49. The van der Waals surface area contributed by atoms with Gasteiger partial charge in [0.15, 0.2) is 0 Å². The number of rotatable bonds is 10. The summed E-state index contributed by atoms with van der Waals surface area (Å²) in [6, 6.07) is 7.17. The van der Waals surface area contributed by atoms with Crippen molar-refractivity contribution in [1.29, 1.82) is 0 Å². The van der Waals surface area contributed by atoms with Gasteiger partial charge in [-0.2, -0.15) is 0 Å². The first-order valence-corrected chi connectivity index (χ1v) is 7.63. The maximum Gasteiger partial charge on any atom is 0.223 e. The number of hydrogen-bond acceptors (Lipinski definition) is 4. The number of ether oxygens (including phenoxy) is 1. The summed E-state index contributed by atoms with van der Waals surface area (Å²) in [5.41, 5.74) is 6.29. The average molecular weight is 293 g/mol. The Bertz CT molecular complexity index is 406. The van der Waals surface area contributed by atoms with Crippen LogP contribution in [0, 0.1) is 0 Å². The number of benzene rings is 1. The maximum absolute atomic E-state index is 11.7. The molecule has 0 aromatic heterocycles. The molecule has 1 rings (SSSR count). The molecule has 0 fully saturated rings. The number of likely N-dealkylation sites (N-methyl/N-ethyl adjacent to an activating group) is 1. The second-order valence-electron chi connectivity index (χ2n) is 4.95. The highest BCUT2D eigenvalue weighted by Gasteiger charge is 2.04. The molecule has 1 aromatic carbocycles. The van der Waals surface area contributed by atoms with Gasteiger partial charge in [0.2, 0.25) is 5.91 Å². The monoisotopic (exact) mass is 293 g/mol. The van der Waals surface area contributed by atoms with Gasteiger partial charge in [-0.3, -0.25) is 4.79 Å². The van der Waals surface area contributed by atoms with E-state index in [-0.39, 0.29) is 5.91 Å². The molecule has 5 nitrogen and oxygen atoms in total. The molecule has 0 aliphatic carbocycles. The van der Waals surface area contributed by atoms with Crippen LogP contribution in [0.25, 0.3) is 0 Å². The van der Waals surface area contributed by atoms with Gasteiger partial charge in [-0.1, -0.05) is 13.8 Å². The lowest BCUT2D eigenvalue weighted by Gasteiger charge is -2.19. The number of nitrogens with one attached hydrogen (secondary N) is 1. The Morgan fingerprint density at radius 2 is 1.95 bits per heavy atom. The standard InChI is InChI=1S/C16H27N3O2/c1-3-11-19(4-2)12-10-18-16(20)9-13-21-15-7-5-14(17)6-8-15/h5-8H,3-4,9-13,17H2,1-2H3,(H,18,20). The normalized spacial score (nSPS) is 10.6. The summed E-state index contributed by atoms with van der Waals surface area (Å²) in [4.78, 5) is 14.0. The molecule has 0 saturated carbocycles. The second-order valence-corrected chi connectivity index (χ2v) is 4.95. The number of anilines is 1. The van der Waals surface area contributed by atoms with E-state index in [4.69, 9.17) is 10.5 Å². The molecule has 0 bridgehead atoms. The number of hydrogen-bond donors (Lipinski definition) is 2. The Balaban J connectivity index is 2.12. The Morgan fingerprint density at radius 1 is 1.24 bits per heavy atom. The Kier molecular flexibility index (Phi) is 8.28. The van der Waals surface area contributed by atoms with E-state index >= 15 is 0 Å². The minimum absolute atomic E-state index is 0.0259. The van der Waals surface area contributed by atoms with Gasteiger partial charge in [-0.25, -0.2) is 0 Å². The van der Waals surface area contributed by atoms with Crippen LogP contribution in [0.3, 0.4) is 0 Å². The first-order chi connectivity index (χ1) is 10.2. The molecular formula is C16H27N3O2. The fourth-order valence-electron chi connectivity index (χ4n) is 2.01. The van der Waals surface area contributed by atoms with Crippen LogP contribution < -0.4 is 15.8 Å². The van der Waals surface area contributed by atoms with Crippen LogP contribution in [0.2, 0.25) is 0 Å². The Morgan fingerprint density at radius 3 is 2.57 bits per heavy atom. The molecule has 0 heterocycles. The maximum atomic E-state index is 11.7. The highest BCUT2D eigenvalue weighted by atomic mass is 16.5. The number of amides is 1. The molecule has 21 heavy (non-hydrogen) atoms. The summed E-state index contributed by atoms with van der Waals surface area (Å²) in [5, 5.41) is 2.92. The van der Waals surface area contributed by atoms with Gasteiger partial charge in [-0.05, 0) is 43.8 Å². The number of carbonyl (C=O) groups is 1. The second kappa shape index (κ2) is 10.0. The molecular weight excluding hydrogens is 266 g/mol. The lowest BCUT2D eigenvalue weighted by molar-refractivity contribution is -0.121. The van der Waals surface area contributed by atoms with Gasteiger partial charge in [0, 0.05) is 18.8 Å². The summed E-state index contributed by atoms with van der Waals surface area (Å²) in [7, 11) is 0. The van der Waals surface area contributed by atoms with E-state index < -0.39 is 0 Å². The van der Waals surface area contributed by atoms with Crippen LogP contribution in [0.4, 0.5) is 5.69 Å². The van der Waals surface area contributed by atoms with Crippen molar-refractivity contribution < 1.29 is 9.53 Å². The lowest BCUT2D eigenvalue weighted by atomic mass is 10.3. The predicted molar refractivity (Wildman–Crippen MR) is 86.4 cm³/mol. The van der Waals surface area contributed by atoms with Gasteiger partial charge in [-0.15, -0.1) is 0 Å². The fourth-order valence-corrected chi connectivity index (χ4v) is 2.01. The molecule has 0 saturated heterocycles. The van der Waals surface area contributed by atoms with Gasteiger partial charge in [0.05, 0.1) is 13.0 Å². The van der Waals surface area contributed by atoms with E-state index in [1.165, 1.54) is 0 Å². The highest BCUT2D eigenvalue weighted by Crippen LogP contribution is 2.12. The van der Waals surface area contributed by atoms with Crippen molar-refractivity contribution >= 4 is 11.6 Å². The van der Waals surface area contributed by atoms with Crippen molar-refractivity contribution in [2.45, 2.75) is 26.7 Å². The molecule has 1 aromatic rings. The van der Waals surface area contributed by atoms with E-state index in [0.29, 0.717) is 25.3 Å². The van der Waals surface area contributed by atoms with E-state index in [0.717, 1.165) is 31.8 Å². The fraction of sp³-hybridized carbons (Fsp3) is 0.562. The molecule has 1 amide bonds. The lowest BCUT2D eigenvalue weighted by Crippen LogP contribution is -2.35. The first kappa shape index (κ1) is 17.3. The zero-order valence-corrected chi connectivity index (χ0v) is 13.1. The van der Waals surface area contributed by atoms with Crippen molar-refractivity contribution in [3.63, 3.8) is 0 Å². The number of carbonyl (C=O) groups excluding carboxylic acids is 1. The van der Waals surface area contributed by atoms with Crippen LogP contribution in [0.15, 0.2) is 24.3 Å². The molecule has 5 heteroatoms. The van der Waals surface area contributed by atoms with Crippen LogP contribution in [-0.2, 0) is 4.79 Å². The summed E-state index contributed by atoms with van der Waals surface area (Å²) in [6.45, 7) is 8.36. The zero-order chi connectivity index (χ0) is 15.5. The SMILES string of the molecule is CCCN(CC)CCNC(=O)CCOc1ccc(N)cc1. The molecule has 0 unspecified atom stereocenters. The number of nitrogens with two attached hydrogens (primary N) is 1. The molecule has 118 valence electrons. The minimum atomic E-state index is 0.0259. The summed E-state index contributed by atoms with van der Waals surface area (Å²) in [5.74, 6) is 0.759. The van der Waals surface area contributed by atoms with Crippen molar-refractivity contribution in [2.24, 2.45) is 0 Å². The largest absolute Gasteiger partial charge is 0.493 e. The average Bonchev–Trinajstić information content (AvgIpc) is 2.48. The smallest absolute Gasteiger partial charge is 0.223 e. The molecule has 0 radical (unpaired) electrons. The topological polar surface area (TPSA) is 67.6 Å². The zero-order valence-electron chi connectivity index (χ0n) is 13.1. The Hall–Kier alpha value is -1.75. The van der Waals surface area contributed by atoms with E-state index in [9.17, 15) is 4.79 Å². The van der Waals surface area contributed by atoms with Crippen molar-refractivity contribution in [2.75, 3.05) is 38.5 Å². The third-order valence-electron chi connectivity index (χ3n) is 3.22. The molecule has 0 spiro atoms. The van der Waals surface area contributed by atoms with E-state index in [1.807, 2.05) is 0 Å². The predicted octanol–water partition coefficient (Wildman–Crippen LogP) is 1.89. The van der Waals surface area contributed by atoms with Gasteiger partial charge < -0.3 is 20.7 Å². The molecule has 0 aliphatic heterocycles. The minimum Gasteiger partial charge on any atom is -0.493 e.